The molecule has 24 heavy (non-hydrogen) atoms. The fourth-order valence-corrected chi connectivity index (χ4v) is 2.68. The highest BCUT2D eigenvalue weighted by atomic mass is 35.5. The van der Waals surface area contributed by atoms with Crippen molar-refractivity contribution in [1.29, 1.82) is 0 Å². The summed E-state index contributed by atoms with van der Waals surface area (Å²) in [6.07, 6.45) is -0.143. The van der Waals surface area contributed by atoms with E-state index in [1.807, 2.05) is 18.2 Å². The van der Waals surface area contributed by atoms with Crippen molar-refractivity contribution in [2.75, 3.05) is 25.0 Å². The van der Waals surface area contributed by atoms with E-state index in [1.165, 1.54) is 12.1 Å². The summed E-state index contributed by atoms with van der Waals surface area (Å²) in [7, 11) is 0. The van der Waals surface area contributed by atoms with Crippen LogP contribution in [0.3, 0.4) is 0 Å². The van der Waals surface area contributed by atoms with Crippen LogP contribution in [0.5, 0.6) is 0 Å². The fourth-order valence-electron chi connectivity index (χ4n) is 2.52. The van der Waals surface area contributed by atoms with Crippen LogP contribution in [-0.4, -0.2) is 25.6 Å². The lowest BCUT2D eigenvalue weighted by molar-refractivity contribution is 0.0281. The normalized spacial score (nSPS) is 17.0. The van der Waals surface area contributed by atoms with Gasteiger partial charge in [-0.1, -0.05) is 29.8 Å². The van der Waals surface area contributed by atoms with Crippen LogP contribution < -0.4 is 10.6 Å². The number of hydrogen-bond donors (Lipinski definition) is 2. The van der Waals surface area contributed by atoms with Crippen LogP contribution in [0.4, 0.5) is 10.1 Å². The third-order valence-corrected chi connectivity index (χ3v) is 3.89. The fraction of sp³-hybridized carbons (Fsp3) is 0.235. The number of nitrogens with one attached hydrogen (secondary N) is 2. The van der Waals surface area contributed by atoms with Crippen LogP contribution in [0.25, 0.3) is 0 Å². The Labute approximate surface area is 150 Å². The van der Waals surface area contributed by atoms with Gasteiger partial charge < -0.3 is 15.4 Å². The topological polar surface area (TPSA) is 50.4 Å². The summed E-state index contributed by atoms with van der Waals surface area (Å²) >= 11 is 5.71. The van der Waals surface area contributed by atoms with Crippen molar-refractivity contribution < 1.29 is 13.9 Å². The van der Waals surface area contributed by atoms with E-state index in [1.54, 1.807) is 6.07 Å². The molecule has 1 atom stereocenters. The SMILES string of the molecule is Cl.O=C(Nc1ccccc1C1CNCCO1)c1ccc(Cl)cc1F. The Morgan fingerprint density at radius 2 is 2.08 bits per heavy atom. The van der Waals surface area contributed by atoms with Gasteiger partial charge in [-0.15, -0.1) is 12.4 Å². The molecule has 2 aromatic carbocycles. The van der Waals surface area contributed by atoms with Crippen molar-refractivity contribution in [3.05, 3.63) is 64.4 Å². The third kappa shape index (κ3) is 4.24. The molecule has 1 heterocycles. The van der Waals surface area contributed by atoms with Gasteiger partial charge in [0.1, 0.15) is 5.82 Å². The molecule has 0 saturated carbocycles. The highest BCUT2D eigenvalue weighted by Gasteiger charge is 2.20. The first-order chi connectivity index (χ1) is 11.1. The van der Waals surface area contributed by atoms with E-state index >= 15 is 0 Å². The minimum absolute atomic E-state index is 0. The second-order valence-electron chi connectivity index (χ2n) is 5.23. The number of carbonyl (C=O) groups excluding carboxylic acids is 1. The number of ether oxygens (including phenoxy) is 1. The maximum absolute atomic E-state index is 13.9. The molecule has 1 fully saturated rings. The van der Waals surface area contributed by atoms with E-state index in [9.17, 15) is 9.18 Å². The summed E-state index contributed by atoms with van der Waals surface area (Å²) in [5.74, 6) is -1.17. The van der Waals surface area contributed by atoms with Crippen LogP contribution in [0.2, 0.25) is 5.02 Å². The van der Waals surface area contributed by atoms with Gasteiger partial charge in [0, 0.05) is 29.4 Å². The highest BCUT2D eigenvalue weighted by Crippen LogP contribution is 2.27. The second kappa shape index (κ2) is 8.44. The zero-order valence-corrected chi connectivity index (χ0v) is 14.3. The molecule has 2 aromatic rings. The molecular formula is C17H17Cl2FN2O2. The van der Waals surface area contributed by atoms with Crippen molar-refractivity contribution in [3.63, 3.8) is 0 Å². The molecule has 128 valence electrons. The quantitative estimate of drug-likeness (QED) is 0.863. The number of carbonyl (C=O) groups is 1. The Morgan fingerprint density at radius 1 is 1.29 bits per heavy atom. The molecule has 3 rings (SSSR count). The first-order valence-electron chi connectivity index (χ1n) is 7.33. The van der Waals surface area contributed by atoms with Crippen LogP contribution in [0, 0.1) is 5.82 Å². The molecule has 0 radical (unpaired) electrons. The number of halogens is 3. The van der Waals surface area contributed by atoms with Crippen LogP contribution in [-0.2, 0) is 4.74 Å². The Kier molecular flexibility index (Phi) is 6.57. The average Bonchev–Trinajstić information content (AvgIpc) is 2.56. The van der Waals surface area contributed by atoms with E-state index in [2.05, 4.69) is 10.6 Å². The maximum Gasteiger partial charge on any atom is 0.258 e. The molecular weight excluding hydrogens is 354 g/mol. The number of para-hydroxylation sites is 1. The number of morpholine rings is 1. The average molecular weight is 371 g/mol. The van der Waals surface area contributed by atoms with Crippen LogP contribution in [0.15, 0.2) is 42.5 Å². The van der Waals surface area contributed by atoms with E-state index in [0.29, 0.717) is 18.8 Å². The Hall–Kier alpha value is -1.66. The standard InChI is InChI=1S/C17H16ClFN2O2.ClH/c18-11-5-6-12(14(19)9-11)17(22)21-15-4-2-1-3-13(15)16-10-20-7-8-23-16;/h1-6,9,16,20H,7-8,10H2,(H,21,22);1H. The van der Waals surface area contributed by atoms with Gasteiger partial charge in [0.2, 0.25) is 0 Å². The molecule has 0 spiro atoms. The Bertz CT molecular complexity index is 721. The van der Waals surface area contributed by atoms with Crippen LogP contribution >= 0.6 is 24.0 Å². The van der Waals surface area contributed by atoms with Gasteiger partial charge in [0.05, 0.1) is 18.3 Å². The molecule has 0 aliphatic carbocycles. The predicted octanol–water partition coefficient (Wildman–Crippen LogP) is 3.81. The summed E-state index contributed by atoms with van der Waals surface area (Å²) in [5.41, 5.74) is 1.43. The summed E-state index contributed by atoms with van der Waals surface area (Å²) in [5, 5.41) is 6.25. The molecule has 1 saturated heterocycles. The maximum atomic E-state index is 13.9. The molecule has 0 bridgehead atoms. The van der Waals surface area contributed by atoms with Gasteiger partial charge in [-0.05, 0) is 24.3 Å². The number of amides is 1. The number of anilines is 1. The van der Waals surface area contributed by atoms with E-state index < -0.39 is 11.7 Å². The van der Waals surface area contributed by atoms with E-state index in [0.717, 1.165) is 18.2 Å². The monoisotopic (exact) mass is 370 g/mol. The number of rotatable bonds is 3. The van der Waals surface area contributed by atoms with E-state index in [-0.39, 0.29) is 29.1 Å². The summed E-state index contributed by atoms with van der Waals surface area (Å²) in [6, 6.07) is 11.3. The summed E-state index contributed by atoms with van der Waals surface area (Å²) in [6.45, 7) is 2.09. The van der Waals surface area contributed by atoms with Gasteiger partial charge in [0.25, 0.3) is 5.91 Å². The van der Waals surface area contributed by atoms with Crippen LogP contribution in [0.1, 0.15) is 22.0 Å². The molecule has 1 aliphatic rings. The molecule has 2 N–H and O–H groups in total. The lowest BCUT2D eigenvalue weighted by Crippen LogP contribution is -2.33. The summed E-state index contributed by atoms with van der Waals surface area (Å²) < 4.78 is 19.6. The Balaban J connectivity index is 0.00000208. The van der Waals surface area contributed by atoms with Gasteiger partial charge in [0.15, 0.2) is 0 Å². The lowest BCUT2D eigenvalue weighted by atomic mass is 10.1. The second-order valence-corrected chi connectivity index (χ2v) is 5.67. The zero-order chi connectivity index (χ0) is 16.2. The van der Waals surface area contributed by atoms with Gasteiger partial charge in [-0.25, -0.2) is 4.39 Å². The van der Waals surface area contributed by atoms with E-state index in [4.69, 9.17) is 16.3 Å². The number of hydrogen-bond acceptors (Lipinski definition) is 3. The van der Waals surface area contributed by atoms with Gasteiger partial charge in [-0.2, -0.15) is 0 Å². The van der Waals surface area contributed by atoms with Gasteiger partial charge in [-0.3, -0.25) is 4.79 Å². The molecule has 1 amide bonds. The van der Waals surface area contributed by atoms with Crippen molar-refractivity contribution in [2.45, 2.75) is 6.10 Å². The highest BCUT2D eigenvalue weighted by molar-refractivity contribution is 6.30. The van der Waals surface area contributed by atoms with Crippen molar-refractivity contribution in [2.24, 2.45) is 0 Å². The summed E-state index contributed by atoms with van der Waals surface area (Å²) in [4.78, 5) is 12.3. The predicted molar refractivity (Wildman–Crippen MR) is 94.6 cm³/mol. The smallest absolute Gasteiger partial charge is 0.258 e. The van der Waals surface area contributed by atoms with Crippen molar-refractivity contribution in [1.82, 2.24) is 5.32 Å². The first-order valence-corrected chi connectivity index (χ1v) is 7.70. The molecule has 1 aliphatic heterocycles. The minimum atomic E-state index is -0.650. The van der Waals surface area contributed by atoms with Crippen molar-refractivity contribution in [3.8, 4) is 0 Å². The molecule has 7 heteroatoms. The molecule has 0 aromatic heterocycles. The minimum Gasteiger partial charge on any atom is -0.371 e. The van der Waals surface area contributed by atoms with Crippen molar-refractivity contribution >= 4 is 35.6 Å². The number of benzene rings is 2. The Morgan fingerprint density at radius 3 is 2.79 bits per heavy atom. The van der Waals surface area contributed by atoms with Gasteiger partial charge >= 0.3 is 0 Å². The zero-order valence-electron chi connectivity index (χ0n) is 12.7. The third-order valence-electron chi connectivity index (χ3n) is 3.66. The molecule has 4 nitrogen and oxygen atoms in total. The molecule has 1 unspecified atom stereocenters. The largest absolute Gasteiger partial charge is 0.371 e. The first kappa shape index (κ1) is 18.7. The lowest BCUT2D eigenvalue weighted by Gasteiger charge is -2.25.